The average Bonchev–Trinajstić information content (AvgIpc) is 3.25. The van der Waals surface area contributed by atoms with Gasteiger partial charge >= 0.3 is 6.18 Å². The Kier molecular flexibility index (Phi) is 16.8. The zero-order valence-corrected chi connectivity index (χ0v) is 38.7. The molecule has 12 heteroatoms. The van der Waals surface area contributed by atoms with Gasteiger partial charge in [0.2, 0.25) is 0 Å². The van der Waals surface area contributed by atoms with Crippen LogP contribution in [0.5, 0.6) is 0 Å². The highest BCUT2D eigenvalue weighted by Gasteiger charge is 2.37. The van der Waals surface area contributed by atoms with Crippen molar-refractivity contribution in [1.29, 1.82) is 0 Å². The Morgan fingerprint density at radius 1 is 0.954 bits per heavy atom. The maximum Gasteiger partial charge on any atom is 0.417 e. The van der Waals surface area contributed by atoms with Crippen LogP contribution >= 0.6 is 0 Å². The molecule has 5 N–H and O–H groups in total. The molecule has 2 aliphatic rings. The molecular formula is C53H66F4N8. The van der Waals surface area contributed by atoms with Crippen molar-refractivity contribution in [2.75, 3.05) is 55.8 Å². The number of nitrogens with one attached hydrogen (secondary N) is 5. The maximum absolute atomic E-state index is 16.1. The number of piperazine rings is 1. The smallest absolute Gasteiger partial charge is 0.393 e. The van der Waals surface area contributed by atoms with Gasteiger partial charge in [0.25, 0.3) is 0 Å². The number of nitrogens with zero attached hydrogens (tertiary/aromatic N) is 3. The summed E-state index contributed by atoms with van der Waals surface area (Å²) in [4.78, 5) is 6.57. The predicted octanol–water partition coefficient (Wildman–Crippen LogP) is 11.7. The molecule has 0 aromatic heterocycles. The highest BCUT2D eigenvalue weighted by Crippen LogP contribution is 2.39. The van der Waals surface area contributed by atoms with Crippen LogP contribution in [0.3, 0.4) is 0 Å². The standard InChI is InChI=1S/C53H66F4N8/c1-13-18-47(53(55,56)57)46(31-58-11)39(8)62-50-30-43(23-26-52(50)64-32-35(4)63(12)36(5)33-64)45-24-22-42(29-48(45)54)38(7)59-27-15-16-28-60-49-20-17-19-44(37(49)6)41(10)65(14-2)51-25-21-34(3)61-40(51)9/h13-14,17-20,22-24,26,29-31,35-36,51,58-62H,1-3,7-10,15-16,21,25,27-28,32-33H2,4-6,11-12H3/b46-31-,47-18+. The minimum absolute atomic E-state index is 0.0150. The first-order chi connectivity index (χ1) is 30.9. The van der Waals surface area contributed by atoms with Crippen LogP contribution in [0.1, 0.15) is 56.2 Å². The lowest BCUT2D eigenvalue weighted by atomic mass is 9.97. The third kappa shape index (κ3) is 12.0. The highest BCUT2D eigenvalue weighted by molar-refractivity contribution is 5.81. The van der Waals surface area contributed by atoms with Crippen LogP contribution in [0.2, 0.25) is 0 Å². The van der Waals surface area contributed by atoms with Gasteiger partial charge in [-0.15, -0.1) is 0 Å². The first-order valence-corrected chi connectivity index (χ1v) is 22.0. The summed E-state index contributed by atoms with van der Waals surface area (Å²) < 4.78 is 58.9. The van der Waals surface area contributed by atoms with Crippen molar-refractivity contribution in [2.24, 2.45) is 0 Å². The van der Waals surface area contributed by atoms with E-state index in [1.807, 2.05) is 30.5 Å². The number of piperidine rings is 1. The van der Waals surface area contributed by atoms with Gasteiger partial charge in [0.05, 0.1) is 23.0 Å². The lowest BCUT2D eigenvalue weighted by Gasteiger charge is -2.44. The summed E-state index contributed by atoms with van der Waals surface area (Å²) in [5.41, 5.74) is 8.17. The van der Waals surface area contributed by atoms with Crippen molar-refractivity contribution >= 4 is 28.5 Å². The van der Waals surface area contributed by atoms with E-state index in [4.69, 9.17) is 0 Å². The fraction of sp³-hybridized carbons (Fsp3) is 0.321. The third-order valence-corrected chi connectivity index (χ3v) is 12.3. The SMILES string of the molecule is C=C/C=C(\C(=C/NC)C(=C)Nc1cc(-c2ccc(C(=C)NCCCCNc3cccc(C(=C)N(C=C)C4CCC(=C)NC4=C)c3C)cc2F)ccc1N1CC(C)N(C)C(C)C1)C(F)(F)F. The maximum atomic E-state index is 16.1. The fourth-order valence-corrected chi connectivity index (χ4v) is 8.46. The minimum Gasteiger partial charge on any atom is -0.393 e. The number of anilines is 3. The van der Waals surface area contributed by atoms with Crippen molar-refractivity contribution in [2.45, 2.75) is 70.8 Å². The van der Waals surface area contributed by atoms with Gasteiger partial charge < -0.3 is 36.4 Å². The largest absolute Gasteiger partial charge is 0.417 e. The summed E-state index contributed by atoms with van der Waals surface area (Å²) in [6.45, 7) is 37.6. The number of halogens is 4. The van der Waals surface area contributed by atoms with Crippen molar-refractivity contribution < 1.29 is 17.6 Å². The zero-order valence-electron chi connectivity index (χ0n) is 38.7. The summed E-state index contributed by atoms with van der Waals surface area (Å²) in [6, 6.07) is 17.1. The van der Waals surface area contributed by atoms with E-state index in [0.29, 0.717) is 47.7 Å². The van der Waals surface area contributed by atoms with Gasteiger partial charge in [-0.3, -0.25) is 4.90 Å². The summed E-state index contributed by atoms with van der Waals surface area (Å²) in [5.74, 6) is -0.458. The van der Waals surface area contributed by atoms with E-state index in [2.05, 4.69) is 127 Å². The van der Waals surface area contributed by atoms with Gasteiger partial charge in [-0.2, -0.15) is 13.2 Å². The Hall–Kier alpha value is -6.40. The van der Waals surface area contributed by atoms with E-state index in [1.54, 1.807) is 12.1 Å². The second-order valence-electron chi connectivity index (χ2n) is 16.8. The molecule has 0 bridgehead atoms. The normalized spacial score (nSPS) is 18.4. The van der Waals surface area contributed by atoms with E-state index in [-0.39, 0.29) is 29.4 Å². The molecule has 2 heterocycles. The number of allylic oxidation sites excluding steroid dienone is 4. The van der Waals surface area contributed by atoms with Crippen LogP contribution in [0, 0.1) is 12.7 Å². The van der Waals surface area contributed by atoms with Gasteiger partial charge in [-0.25, -0.2) is 4.39 Å². The van der Waals surface area contributed by atoms with Crippen LogP contribution in [0.25, 0.3) is 22.5 Å². The molecule has 2 saturated heterocycles. The molecule has 0 amide bonds. The Labute approximate surface area is 384 Å². The van der Waals surface area contributed by atoms with Gasteiger partial charge in [0.15, 0.2) is 0 Å². The van der Waals surface area contributed by atoms with Crippen molar-refractivity contribution in [3.63, 3.8) is 0 Å². The Balaban J connectivity index is 1.24. The number of rotatable bonds is 20. The van der Waals surface area contributed by atoms with Gasteiger partial charge in [0.1, 0.15) is 5.82 Å². The second-order valence-corrected chi connectivity index (χ2v) is 16.8. The molecule has 3 aromatic rings. The van der Waals surface area contributed by atoms with Crippen LogP contribution in [0.15, 0.2) is 153 Å². The van der Waals surface area contributed by atoms with E-state index < -0.39 is 17.6 Å². The number of unbranched alkanes of at least 4 members (excludes halogenated alkanes) is 1. The van der Waals surface area contributed by atoms with Gasteiger partial charge in [0, 0.05) is 102 Å². The van der Waals surface area contributed by atoms with Crippen molar-refractivity contribution in [3.8, 4) is 11.1 Å². The molecule has 2 aliphatic heterocycles. The highest BCUT2D eigenvalue weighted by atomic mass is 19.4. The summed E-state index contributed by atoms with van der Waals surface area (Å²) in [6.07, 6.45) is 3.86. The zero-order chi connectivity index (χ0) is 47.6. The molecule has 0 radical (unpaired) electrons. The third-order valence-electron chi connectivity index (χ3n) is 12.3. The molecule has 5 rings (SSSR count). The molecule has 3 atom stereocenters. The summed E-state index contributed by atoms with van der Waals surface area (Å²) in [7, 11) is 3.60. The van der Waals surface area contributed by atoms with Gasteiger partial charge in [-0.1, -0.05) is 82.5 Å². The fourth-order valence-electron chi connectivity index (χ4n) is 8.46. The van der Waals surface area contributed by atoms with Crippen molar-refractivity contribution in [1.82, 2.24) is 25.8 Å². The van der Waals surface area contributed by atoms with Crippen LogP contribution in [-0.2, 0) is 0 Å². The summed E-state index contributed by atoms with van der Waals surface area (Å²) in [5, 5.41) is 16.1. The Morgan fingerprint density at radius 2 is 1.66 bits per heavy atom. The molecule has 3 unspecified atom stereocenters. The molecule has 65 heavy (non-hydrogen) atoms. The number of alkyl halides is 3. The first-order valence-electron chi connectivity index (χ1n) is 22.0. The van der Waals surface area contributed by atoms with Gasteiger partial charge in [-0.05, 0) is 107 Å². The number of hydrogen-bond donors (Lipinski definition) is 5. The molecule has 0 spiro atoms. The molecule has 2 fully saturated rings. The first kappa shape index (κ1) is 49.6. The van der Waals surface area contributed by atoms with E-state index >= 15 is 4.39 Å². The molecule has 346 valence electrons. The number of hydrogen-bond acceptors (Lipinski definition) is 8. The van der Waals surface area contributed by atoms with Crippen LogP contribution < -0.4 is 31.5 Å². The molecular weight excluding hydrogens is 825 g/mol. The van der Waals surface area contributed by atoms with Crippen LogP contribution in [0.4, 0.5) is 34.6 Å². The Morgan fingerprint density at radius 3 is 2.29 bits per heavy atom. The number of benzene rings is 3. The van der Waals surface area contributed by atoms with Crippen molar-refractivity contribution in [3.05, 3.63) is 176 Å². The quantitative estimate of drug-likeness (QED) is 0.0437. The molecule has 0 aliphatic carbocycles. The molecule has 3 aromatic carbocycles. The van der Waals surface area contributed by atoms with E-state index in [0.717, 1.165) is 84.0 Å². The van der Waals surface area contributed by atoms with E-state index in [9.17, 15) is 13.2 Å². The summed E-state index contributed by atoms with van der Waals surface area (Å²) >= 11 is 0. The predicted molar refractivity (Wildman–Crippen MR) is 266 cm³/mol. The van der Waals surface area contributed by atoms with E-state index in [1.165, 1.54) is 19.3 Å². The second kappa shape index (κ2) is 22.0. The average molecular weight is 891 g/mol. The monoisotopic (exact) mass is 891 g/mol. The molecule has 0 saturated carbocycles. The lowest BCUT2D eigenvalue weighted by molar-refractivity contribution is -0.0891. The lowest BCUT2D eigenvalue weighted by Crippen LogP contribution is -2.55. The van der Waals surface area contributed by atoms with Crippen LogP contribution in [-0.4, -0.2) is 74.4 Å². The topological polar surface area (TPSA) is 69.9 Å². The number of likely N-dealkylation sites (N-methyl/N-ethyl adjacent to an activating group) is 1. The Bertz CT molecular complexity index is 2340. The minimum atomic E-state index is -4.67. The molecule has 8 nitrogen and oxygen atoms in total.